The molecule has 19 heavy (non-hydrogen) atoms. The van der Waals surface area contributed by atoms with Gasteiger partial charge in [-0.25, -0.2) is 0 Å². The highest BCUT2D eigenvalue weighted by Gasteiger charge is 2.26. The summed E-state index contributed by atoms with van der Waals surface area (Å²) in [5, 5.41) is 0. The molecule has 2 unspecified atom stereocenters. The van der Waals surface area contributed by atoms with Gasteiger partial charge in [0.2, 0.25) is 0 Å². The number of benzene rings is 1. The van der Waals surface area contributed by atoms with Crippen molar-refractivity contribution < 1.29 is 0 Å². The Kier molecular flexibility index (Phi) is 5.34. The predicted octanol–water partition coefficient (Wildman–Crippen LogP) is 3.67. The molecule has 0 aromatic heterocycles. The Bertz CT molecular complexity index is 404. The second-order valence-electron chi connectivity index (χ2n) is 5.53. The molecule has 1 aromatic carbocycles. The second kappa shape index (κ2) is 7.01. The van der Waals surface area contributed by atoms with Gasteiger partial charge in [-0.2, -0.15) is 0 Å². The van der Waals surface area contributed by atoms with Crippen LogP contribution >= 0.6 is 12.2 Å². The summed E-state index contributed by atoms with van der Waals surface area (Å²) in [7, 11) is 0. The topological polar surface area (TPSA) is 29.3 Å². The quantitative estimate of drug-likeness (QED) is 0.851. The minimum atomic E-state index is 0.340. The summed E-state index contributed by atoms with van der Waals surface area (Å²) in [4.78, 5) is 3.21. The van der Waals surface area contributed by atoms with Crippen molar-refractivity contribution >= 4 is 17.2 Å². The standard InChI is InChI=1S/C16H24N2S/c1-13-8-4-3-7-11-18(13)15(12-16(17)19)14-9-5-2-6-10-14/h2,5-6,9-10,13,15H,3-4,7-8,11-12H2,1H3,(H2,17,19). The van der Waals surface area contributed by atoms with Gasteiger partial charge < -0.3 is 5.73 Å². The summed E-state index contributed by atoms with van der Waals surface area (Å²) in [6.07, 6.45) is 6.02. The average molecular weight is 276 g/mol. The molecule has 1 aliphatic heterocycles. The first-order valence-corrected chi connectivity index (χ1v) is 7.68. The molecule has 2 rings (SSSR count). The number of thiocarbonyl (C=S) groups is 1. The summed E-state index contributed by atoms with van der Waals surface area (Å²) in [6, 6.07) is 11.6. The number of nitrogens with two attached hydrogens (primary N) is 1. The number of hydrogen-bond donors (Lipinski definition) is 1. The zero-order valence-electron chi connectivity index (χ0n) is 11.7. The minimum Gasteiger partial charge on any atom is -0.393 e. The average Bonchev–Trinajstić information content (AvgIpc) is 2.62. The molecule has 1 saturated heterocycles. The maximum absolute atomic E-state index is 5.83. The first kappa shape index (κ1) is 14.5. The van der Waals surface area contributed by atoms with E-state index in [-0.39, 0.29) is 0 Å². The Balaban J connectivity index is 2.23. The molecule has 0 bridgehead atoms. The first-order valence-electron chi connectivity index (χ1n) is 7.27. The van der Waals surface area contributed by atoms with E-state index in [9.17, 15) is 0 Å². The molecular formula is C16H24N2S. The highest BCUT2D eigenvalue weighted by atomic mass is 32.1. The van der Waals surface area contributed by atoms with Crippen LogP contribution < -0.4 is 5.73 Å². The van der Waals surface area contributed by atoms with Crippen LogP contribution in [-0.4, -0.2) is 22.5 Å². The maximum Gasteiger partial charge on any atom is 0.0746 e. The van der Waals surface area contributed by atoms with Gasteiger partial charge >= 0.3 is 0 Å². The predicted molar refractivity (Wildman–Crippen MR) is 85.2 cm³/mol. The fourth-order valence-electron chi connectivity index (χ4n) is 3.05. The number of rotatable bonds is 4. The van der Waals surface area contributed by atoms with E-state index in [0.29, 0.717) is 17.1 Å². The number of likely N-dealkylation sites (tertiary alicyclic amines) is 1. The van der Waals surface area contributed by atoms with E-state index in [1.54, 1.807) is 0 Å². The zero-order valence-corrected chi connectivity index (χ0v) is 12.5. The third kappa shape index (κ3) is 4.02. The van der Waals surface area contributed by atoms with Crippen LogP contribution in [0.1, 0.15) is 50.6 Å². The molecule has 1 aliphatic rings. The van der Waals surface area contributed by atoms with Gasteiger partial charge in [-0.3, -0.25) is 4.90 Å². The van der Waals surface area contributed by atoms with Crippen molar-refractivity contribution in [3.63, 3.8) is 0 Å². The Morgan fingerprint density at radius 3 is 2.74 bits per heavy atom. The van der Waals surface area contributed by atoms with Crippen LogP contribution in [0.4, 0.5) is 0 Å². The summed E-state index contributed by atoms with van der Waals surface area (Å²) < 4.78 is 0. The molecule has 1 fully saturated rings. The molecule has 0 aliphatic carbocycles. The van der Waals surface area contributed by atoms with E-state index in [1.807, 2.05) is 0 Å². The SMILES string of the molecule is CC1CCCCCN1C(CC(N)=S)c1ccccc1. The third-order valence-electron chi connectivity index (χ3n) is 4.08. The van der Waals surface area contributed by atoms with Crippen molar-refractivity contribution in [2.24, 2.45) is 5.73 Å². The van der Waals surface area contributed by atoms with Gasteiger partial charge in [-0.05, 0) is 31.9 Å². The van der Waals surface area contributed by atoms with Crippen molar-refractivity contribution in [2.45, 2.75) is 51.1 Å². The fraction of sp³-hybridized carbons (Fsp3) is 0.562. The Morgan fingerprint density at radius 2 is 2.05 bits per heavy atom. The van der Waals surface area contributed by atoms with Crippen LogP contribution in [0.25, 0.3) is 0 Å². The zero-order chi connectivity index (χ0) is 13.7. The van der Waals surface area contributed by atoms with E-state index >= 15 is 0 Å². The lowest BCUT2D eigenvalue weighted by Crippen LogP contribution is -2.38. The molecule has 2 N–H and O–H groups in total. The van der Waals surface area contributed by atoms with E-state index in [4.69, 9.17) is 18.0 Å². The van der Waals surface area contributed by atoms with Gasteiger partial charge in [0.05, 0.1) is 4.99 Å². The van der Waals surface area contributed by atoms with E-state index < -0.39 is 0 Å². The number of nitrogens with zero attached hydrogens (tertiary/aromatic N) is 1. The lowest BCUT2D eigenvalue weighted by molar-refractivity contribution is 0.150. The molecule has 3 heteroatoms. The van der Waals surface area contributed by atoms with Crippen LogP contribution in [0.15, 0.2) is 30.3 Å². The molecular weight excluding hydrogens is 252 g/mol. The van der Waals surface area contributed by atoms with Crippen molar-refractivity contribution in [1.29, 1.82) is 0 Å². The summed E-state index contributed by atoms with van der Waals surface area (Å²) >= 11 is 5.16. The van der Waals surface area contributed by atoms with Crippen LogP contribution in [0.3, 0.4) is 0 Å². The summed E-state index contributed by atoms with van der Waals surface area (Å²) in [5.41, 5.74) is 7.16. The highest BCUT2D eigenvalue weighted by molar-refractivity contribution is 7.80. The van der Waals surface area contributed by atoms with Crippen LogP contribution in [0, 0.1) is 0 Å². The smallest absolute Gasteiger partial charge is 0.0746 e. The van der Waals surface area contributed by atoms with Crippen LogP contribution in [-0.2, 0) is 0 Å². The van der Waals surface area contributed by atoms with E-state index in [1.165, 1.54) is 31.2 Å². The van der Waals surface area contributed by atoms with E-state index in [0.717, 1.165) is 13.0 Å². The largest absolute Gasteiger partial charge is 0.393 e. The maximum atomic E-state index is 5.83. The monoisotopic (exact) mass is 276 g/mol. The molecule has 0 saturated carbocycles. The summed E-state index contributed by atoms with van der Waals surface area (Å²) in [5.74, 6) is 0. The van der Waals surface area contributed by atoms with Crippen LogP contribution in [0.5, 0.6) is 0 Å². The Morgan fingerprint density at radius 1 is 1.32 bits per heavy atom. The first-order chi connectivity index (χ1) is 9.18. The summed E-state index contributed by atoms with van der Waals surface area (Å²) in [6.45, 7) is 3.49. The van der Waals surface area contributed by atoms with Crippen molar-refractivity contribution in [3.05, 3.63) is 35.9 Å². The molecule has 104 valence electrons. The van der Waals surface area contributed by atoms with Gasteiger partial charge in [0.1, 0.15) is 0 Å². The van der Waals surface area contributed by atoms with E-state index in [2.05, 4.69) is 42.2 Å². The molecule has 0 radical (unpaired) electrons. The third-order valence-corrected chi connectivity index (χ3v) is 4.25. The van der Waals surface area contributed by atoms with Crippen molar-refractivity contribution in [3.8, 4) is 0 Å². The van der Waals surface area contributed by atoms with Crippen molar-refractivity contribution in [1.82, 2.24) is 4.90 Å². The highest BCUT2D eigenvalue weighted by Crippen LogP contribution is 2.30. The lowest BCUT2D eigenvalue weighted by Gasteiger charge is -2.35. The molecule has 1 heterocycles. The molecule has 2 atom stereocenters. The molecule has 0 amide bonds. The number of hydrogen-bond acceptors (Lipinski definition) is 2. The van der Waals surface area contributed by atoms with Crippen LogP contribution in [0.2, 0.25) is 0 Å². The Hall–Kier alpha value is -0.930. The molecule has 1 aromatic rings. The molecule has 2 nitrogen and oxygen atoms in total. The van der Waals surface area contributed by atoms with Gasteiger partial charge in [0.15, 0.2) is 0 Å². The second-order valence-corrected chi connectivity index (χ2v) is 6.06. The van der Waals surface area contributed by atoms with Gasteiger partial charge in [0.25, 0.3) is 0 Å². The fourth-order valence-corrected chi connectivity index (χ4v) is 3.21. The normalized spacial score (nSPS) is 22.7. The lowest BCUT2D eigenvalue weighted by atomic mass is 9.99. The molecule has 0 spiro atoms. The minimum absolute atomic E-state index is 0.340. The Labute approximate surface area is 122 Å². The van der Waals surface area contributed by atoms with Gasteiger partial charge in [0, 0.05) is 18.5 Å². The van der Waals surface area contributed by atoms with Gasteiger partial charge in [-0.15, -0.1) is 0 Å². The van der Waals surface area contributed by atoms with Gasteiger partial charge in [-0.1, -0.05) is 55.4 Å². The van der Waals surface area contributed by atoms with Crippen molar-refractivity contribution in [2.75, 3.05) is 6.54 Å².